The number of hydrogen-bond donors (Lipinski definition) is 2. The molecule has 0 atom stereocenters. The maximum atomic E-state index is 12.4. The molecule has 0 spiro atoms. The van der Waals surface area contributed by atoms with Crippen molar-refractivity contribution in [1.82, 2.24) is 10.6 Å². The molecule has 0 unspecified atom stereocenters. The van der Waals surface area contributed by atoms with E-state index in [4.69, 9.17) is 0 Å². The molecule has 1 aliphatic rings. The Bertz CT molecular complexity index is 677. The summed E-state index contributed by atoms with van der Waals surface area (Å²) in [6.45, 7) is 6.39. The summed E-state index contributed by atoms with van der Waals surface area (Å²) < 4.78 is 0. The SMILES string of the molecule is Cc1cccc(C)c1C(=O)NCc1ccc2c(c1)CNC2.Cl. The first-order valence-electron chi connectivity index (χ1n) is 7.31. The summed E-state index contributed by atoms with van der Waals surface area (Å²) >= 11 is 0. The fraction of sp³-hybridized carbons (Fsp3) is 0.278. The van der Waals surface area contributed by atoms with Crippen molar-refractivity contribution in [3.8, 4) is 0 Å². The molecule has 0 saturated carbocycles. The van der Waals surface area contributed by atoms with E-state index in [1.54, 1.807) is 0 Å². The van der Waals surface area contributed by atoms with Crippen molar-refractivity contribution >= 4 is 18.3 Å². The Morgan fingerprint density at radius 3 is 2.50 bits per heavy atom. The monoisotopic (exact) mass is 316 g/mol. The van der Waals surface area contributed by atoms with Crippen molar-refractivity contribution in [3.63, 3.8) is 0 Å². The summed E-state index contributed by atoms with van der Waals surface area (Å²) in [6, 6.07) is 12.4. The van der Waals surface area contributed by atoms with E-state index in [2.05, 4.69) is 28.8 Å². The van der Waals surface area contributed by atoms with Crippen LogP contribution in [0.2, 0.25) is 0 Å². The van der Waals surface area contributed by atoms with Crippen molar-refractivity contribution in [3.05, 3.63) is 69.8 Å². The van der Waals surface area contributed by atoms with Gasteiger partial charge in [-0.3, -0.25) is 4.79 Å². The first-order chi connectivity index (χ1) is 10.1. The van der Waals surface area contributed by atoms with Gasteiger partial charge in [-0.25, -0.2) is 0 Å². The fourth-order valence-electron chi connectivity index (χ4n) is 2.90. The van der Waals surface area contributed by atoms with Gasteiger partial charge in [0.15, 0.2) is 0 Å². The van der Waals surface area contributed by atoms with Crippen LogP contribution < -0.4 is 10.6 Å². The fourth-order valence-corrected chi connectivity index (χ4v) is 2.90. The lowest BCUT2D eigenvalue weighted by molar-refractivity contribution is 0.0949. The van der Waals surface area contributed by atoms with Gasteiger partial charge in [0.1, 0.15) is 0 Å². The van der Waals surface area contributed by atoms with Crippen molar-refractivity contribution < 1.29 is 4.79 Å². The quantitative estimate of drug-likeness (QED) is 0.912. The highest BCUT2D eigenvalue weighted by Gasteiger charge is 2.13. The predicted octanol–water partition coefficient (Wildman–Crippen LogP) is 3.26. The van der Waals surface area contributed by atoms with Crippen LogP contribution in [0, 0.1) is 13.8 Å². The number of carbonyl (C=O) groups excluding carboxylic acids is 1. The van der Waals surface area contributed by atoms with Gasteiger partial charge in [0, 0.05) is 25.2 Å². The number of halogens is 1. The second-order valence-corrected chi connectivity index (χ2v) is 5.66. The van der Waals surface area contributed by atoms with E-state index in [-0.39, 0.29) is 18.3 Å². The number of amides is 1. The van der Waals surface area contributed by atoms with Gasteiger partial charge in [0.25, 0.3) is 5.91 Å². The molecule has 2 aromatic rings. The van der Waals surface area contributed by atoms with Gasteiger partial charge in [0.05, 0.1) is 0 Å². The van der Waals surface area contributed by atoms with Crippen molar-refractivity contribution in [2.45, 2.75) is 33.5 Å². The van der Waals surface area contributed by atoms with Crippen LogP contribution in [0.5, 0.6) is 0 Å². The number of rotatable bonds is 3. The molecule has 0 saturated heterocycles. The van der Waals surface area contributed by atoms with Crippen molar-refractivity contribution in [2.75, 3.05) is 0 Å². The van der Waals surface area contributed by atoms with Crippen LogP contribution in [-0.4, -0.2) is 5.91 Å². The van der Waals surface area contributed by atoms with E-state index in [0.29, 0.717) is 6.54 Å². The lowest BCUT2D eigenvalue weighted by Gasteiger charge is -2.11. The van der Waals surface area contributed by atoms with Crippen molar-refractivity contribution in [2.24, 2.45) is 0 Å². The molecular formula is C18H21ClN2O. The van der Waals surface area contributed by atoms with Crippen molar-refractivity contribution in [1.29, 1.82) is 0 Å². The van der Waals surface area contributed by atoms with Gasteiger partial charge in [-0.1, -0.05) is 36.4 Å². The number of fused-ring (bicyclic) bond motifs is 1. The number of hydrogen-bond acceptors (Lipinski definition) is 2. The lowest BCUT2D eigenvalue weighted by atomic mass is 10.0. The first-order valence-corrected chi connectivity index (χ1v) is 7.31. The Balaban J connectivity index is 0.00000176. The van der Waals surface area contributed by atoms with Crippen LogP contribution in [-0.2, 0) is 19.6 Å². The average Bonchev–Trinajstić information content (AvgIpc) is 2.92. The maximum Gasteiger partial charge on any atom is 0.252 e. The summed E-state index contributed by atoms with van der Waals surface area (Å²) in [5, 5.41) is 6.36. The molecule has 4 heteroatoms. The van der Waals surface area contributed by atoms with Gasteiger partial charge in [-0.05, 0) is 41.7 Å². The highest BCUT2D eigenvalue weighted by atomic mass is 35.5. The molecule has 1 aliphatic heterocycles. The summed E-state index contributed by atoms with van der Waals surface area (Å²) in [6.07, 6.45) is 0. The summed E-state index contributed by atoms with van der Waals surface area (Å²) in [7, 11) is 0. The molecule has 0 fully saturated rings. The summed E-state index contributed by atoms with van der Waals surface area (Å²) in [5.41, 5.74) is 6.68. The van der Waals surface area contributed by atoms with Gasteiger partial charge in [0.2, 0.25) is 0 Å². The minimum absolute atomic E-state index is 0. The summed E-state index contributed by atoms with van der Waals surface area (Å²) in [4.78, 5) is 12.4. The second kappa shape index (κ2) is 6.95. The molecule has 0 radical (unpaired) electrons. The molecule has 0 aliphatic carbocycles. The van der Waals surface area contributed by atoms with Gasteiger partial charge < -0.3 is 10.6 Å². The van der Waals surface area contributed by atoms with E-state index in [1.807, 2.05) is 32.0 Å². The molecule has 22 heavy (non-hydrogen) atoms. The zero-order valence-electron chi connectivity index (χ0n) is 12.9. The van der Waals surface area contributed by atoms with Gasteiger partial charge >= 0.3 is 0 Å². The minimum atomic E-state index is 0. The molecule has 1 amide bonds. The zero-order chi connectivity index (χ0) is 14.8. The Hall–Kier alpha value is -1.84. The highest BCUT2D eigenvalue weighted by molar-refractivity contribution is 5.97. The molecule has 3 nitrogen and oxygen atoms in total. The molecule has 0 bridgehead atoms. The third-order valence-corrected chi connectivity index (χ3v) is 4.06. The summed E-state index contributed by atoms with van der Waals surface area (Å²) in [5.74, 6) is 0.00391. The van der Waals surface area contributed by atoms with E-state index < -0.39 is 0 Å². The Kier molecular flexibility index (Phi) is 5.22. The molecule has 1 heterocycles. The van der Waals surface area contributed by atoms with Crippen LogP contribution in [0.25, 0.3) is 0 Å². The Labute approximate surface area is 137 Å². The Morgan fingerprint density at radius 1 is 1.09 bits per heavy atom. The molecule has 2 aromatic carbocycles. The largest absolute Gasteiger partial charge is 0.348 e. The van der Waals surface area contributed by atoms with E-state index in [1.165, 1.54) is 11.1 Å². The van der Waals surface area contributed by atoms with Crippen LogP contribution >= 0.6 is 12.4 Å². The molecule has 3 rings (SSSR count). The van der Waals surface area contributed by atoms with Crippen LogP contribution in [0.15, 0.2) is 36.4 Å². The molecule has 0 aromatic heterocycles. The van der Waals surface area contributed by atoms with Crippen LogP contribution in [0.3, 0.4) is 0 Å². The highest BCUT2D eigenvalue weighted by Crippen LogP contribution is 2.17. The smallest absolute Gasteiger partial charge is 0.252 e. The number of nitrogens with one attached hydrogen (secondary N) is 2. The van der Waals surface area contributed by atoms with E-state index in [9.17, 15) is 4.79 Å². The van der Waals surface area contributed by atoms with E-state index in [0.717, 1.165) is 35.3 Å². The third kappa shape index (κ3) is 3.32. The molecular weight excluding hydrogens is 296 g/mol. The first kappa shape index (κ1) is 16.5. The minimum Gasteiger partial charge on any atom is -0.348 e. The van der Waals surface area contributed by atoms with Crippen LogP contribution in [0.1, 0.15) is 38.2 Å². The second-order valence-electron chi connectivity index (χ2n) is 5.66. The lowest BCUT2D eigenvalue weighted by Crippen LogP contribution is -2.24. The number of benzene rings is 2. The average molecular weight is 317 g/mol. The van der Waals surface area contributed by atoms with Gasteiger partial charge in [-0.2, -0.15) is 0 Å². The van der Waals surface area contributed by atoms with E-state index >= 15 is 0 Å². The topological polar surface area (TPSA) is 41.1 Å². The van der Waals surface area contributed by atoms with Crippen LogP contribution in [0.4, 0.5) is 0 Å². The standard InChI is InChI=1S/C18H20N2O.ClH/c1-12-4-3-5-13(2)17(12)18(21)20-9-14-6-7-15-10-19-11-16(15)8-14;/h3-8,19H,9-11H2,1-2H3,(H,20,21);1H. The predicted molar refractivity (Wildman–Crippen MR) is 91.3 cm³/mol. The third-order valence-electron chi connectivity index (χ3n) is 4.06. The molecule has 2 N–H and O–H groups in total. The number of aryl methyl sites for hydroxylation is 2. The number of carbonyl (C=O) groups is 1. The maximum absolute atomic E-state index is 12.4. The normalized spacial score (nSPS) is 12.5. The van der Waals surface area contributed by atoms with Gasteiger partial charge in [-0.15, -0.1) is 12.4 Å². The zero-order valence-corrected chi connectivity index (χ0v) is 13.7. The molecule has 116 valence electrons. The Morgan fingerprint density at radius 2 is 1.77 bits per heavy atom.